The molecule has 5 nitrogen and oxygen atoms in total. The molecule has 0 unspecified atom stereocenters. The minimum absolute atomic E-state index is 1.06. The van der Waals surface area contributed by atoms with Crippen LogP contribution in [0.25, 0.3) is 0 Å². The molecule has 0 radical (unpaired) electrons. The molecule has 1 heterocycles. The van der Waals surface area contributed by atoms with Crippen molar-refractivity contribution in [3.05, 3.63) is 18.2 Å². The predicted octanol–water partition coefficient (Wildman–Crippen LogP) is 0.692. The van der Waals surface area contributed by atoms with Gasteiger partial charge in [-0.3, -0.25) is 0 Å². The van der Waals surface area contributed by atoms with Crippen molar-refractivity contribution in [1.29, 1.82) is 0 Å². The molecule has 9 heteroatoms. The van der Waals surface area contributed by atoms with Crippen molar-refractivity contribution in [1.82, 2.24) is 4.57 Å². The molecule has 1 aromatic rings. The molecule has 0 fully saturated rings. The van der Waals surface area contributed by atoms with Gasteiger partial charge in [-0.25, -0.2) is 17.6 Å². The largest absolute Gasteiger partial charge is 0.741 e. The summed E-state index contributed by atoms with van der Waals surface area (Å²) in [6, 6.07) is 0. The number of halogens is 3. The fraction of sp³-hybridized carbons (Fsp3) is 0.625. The molecule has 1 rings (SSSR count). The van der Waals surface area contributed by atoms with Crippen LogP contribution >= 0.6 is 0 Å². The third-order valence-corrected chi connectivity index (χ3v) is 2.45. The van der Waals surface area contributed by atoms with Gasteiger partial charge in [0.25, 0.3) is 0 Å². The molecule has 0 aliphatic rings. The summed E-state index contributed by atoms with van der Waals surface area (Å²) < 4.78 is 63.2. The second kappa shape index (κ2) is 5.50. The van der Waals surface area contributed by atoms with Crippen molar-refractivity contribution >= 4 is 10.1 Å². The minimum atomic E-state index is -6.09. The summed E-state index contributed by atoms with van der Waals surface area (Å²) in [4.78, 5) is 0. The van der Waals surface area contributed by atoms with Crippen LogP contribution in [0.4, 0.5) is 13.2 Å². The summed E-state index contributed by atoms with van der Waals surface area (Å²) in [6.07, 6.45) is 4.23. The average molecular weight is 274 g/mol. The number of aryl methyl sites for hydroxylation is 3. The van der Waals surface area contributed by atoms with Crippen molar-refractivity contribution in [3.63, 3.8) is 0 Å². The highest BCUT2D eigenvalue weighted by molar-refractivity contribution is 7.86. The number of nitrogens with zero attached hydrogens (tertiary/aromatic N) is 2. The Morgan fingerprint density at radius 3 is 2.00 bits per heavy atom. The Balaban J connectivity index is 0.000000304. The molecule has 0 aliphatic carbocycles. The minimum Gasteiger partial charge on any atom is -0.741 e. The predicted molar refractivity (Wildman–Crippen MR) is 51.8 cm³/mol. The van der Waals surface area contributed by atoms with E-state index in [0.29, 0.717) is 0 Å². The zero-order valence-electron chi connectivity index (χ0n) is 9.52. The molecule has 0 saturated carbocycles. The molecule has 0 saturated heterocycles. The van der Waals surface area contributed by atoms with Gasteiger partial charge in [-0.15, -0.1) is 0 Å². The lowest BCUT2D eigenvalue weighted by atomic mass is 10.5. The van der Waals surface area contributed by atoms with Gasteiger partial charge in [0, 0.05) is 6.92 Å². The Morgan fingerprint density at radius 1 is 1.47 bits per heavy atom. The second-order valence-electron chi connectivity index (χ2n) is 3.23. The van der Waals surface area contributed by atoms with Gasteiger partial charge in [-0.05, 0) is 6.92 Å². The van der Waals surface area contributed by atoms with E-state index < -0.39 is 15.6 Å². The quantitative estimate of drug-likeness (QED) is 0.430. The number of imidazole rings is 1. The molecule has 0 aliphatic heterocycles. The van der Waals surface area contributed by atoms with Crippen molar-refractivity contribution < 1.29 is 30.7 Å². The van der Waals surface area contributed by atoms with Gasteiger partial charge < -0.3 is 4.55 Å². The van der Waals surface area contributed by atoms with Crippen LogP contribution < -0.4 is 4.57 Å². The number of rotatable bonds is 1. The first kappa shape index (κ1) is 15.9. The van der Waals surface area contributed by atoms with Crippen LogP contribution in [0.3, 0.4) is 0 Å². The lowest BCUT2D eigenvalue weighted by molar-refractivity contribution is -0.693. The summed E-state index contributed by atoms with van der Waals surface area (Å²) in [7, 11) is -4.03. The average Bonchev–Trinajstić information content (AvgIpc) is 2.44. The highest BCUT2D eigenvalue weighted by Gasteiger charge is 2.36. The number of hydrogen-bond acceptors (Lipinski definition) is 3. The third-order valence-electron chi connectivity index (χ3n) is 1.88. The summed E-state index contributed by atoms with van der Waals surface area (Å²) >= 11 is 0. The lowest BCUT2D eigenvalue weighted by Crippen LogP contribution is -2.28. The number of aromatic nitrogens is 2. The fourth-order valence-electron chi connectivity index (χ4n) is 0.851. The van der Waals surface area contributed by atoms with E-state index in [1.165, 1.54) is 5.69 Å². The van der Waals surface area contributed by atoms with Gasteiger partial charge >= 0.3 is 5.51 Å². The lowest BCUT2D eigenvalue weighted by Gasteiger charge is -2.08. The maximum atomic E-state index is 10.7. The van der Waals surface area contributed by atoms with E-state index in [9.17, 15) is 13.2 Å². The van der Waals surface area contributed by atoms with E-state index in [1.54, 1.807) is 0 Å². The van der Waals surface area contributed by atoms with E-state index in [-0.39, 0.29) is 0 Å². The fourth-order valence-corrected chi connectivity index (χ4v) is 0.851. The van der Waals surface area contributed by atoms with Crippen molar-refractivity contribution in [2.24, 2.45) is 7.05 Å². The Kier molecular flexibility index (Phi) is 5.14. The Morgan fingerprint density at radius 2 is 1.88 bits per heavy atom. The van der Waals surface area contributed by atoms with Crippen LogP contribution in [-0.2, 0) is 23.7 Å². The maximum absolute atomic E-state index is 10.7. The standard InChI is InChI=1S/C7H13N2.CHF3O3S/c1-4-9-5-7(2)8(3)6-9;2-1(3,4)8(5,6)7/h5-6H,4H2,1-3H3;(H,5,6,7)/q+1;/p-1. The van der Waals surface area contributed by atoms with E-state index >= 15 is 0 Å². The van der Waals surface area contributed by atoms with Crippen molar-refractivity contribution in [2.45, 2.75) is 25.9 Å². The first-order valence-electron chi connectivity index (χ1n) is 4.53. The van der Waals surface area contributed by atoms with E-state index in [0.717, 1.165) is 6.54 Å². The molecule has 0 aromatic carbocycles. The maximum Gasteiger partial charge on any atom is 0.485 e. The van der Waals surface area contributed by atoms with Crippen molar-refractivity contribution in [3.8, 4) is 0 Å². The summed E-state index contributed by atoms with van der Waals surface area (Å²) in [5.74, 6) is 0. The smallest absolute Gasteiger partial charge is 0.485 e. The molecular weight excluding hydrogens is 261 g/mol. The van der Waals surface area contributed by atoms with Gasteiger partial charge in [0.1, 0.15) is 11.9 Å². The second-order valence-corrected chi connectivity index (χ2v) is 4.60. The van der Waals surface area contributed by atoms with Gasteiger partial charge in [0.2, 0.25) is 6.33 Å². The highest BCUT2D eigenvalue weighted by atomic mass is 32.2. The first-order valence-corrected chi connectivity index (χ1v) is 5.94. The molecular formula is C8H13F3N2O3S. The van der Waals surface area contributed by atoms with Crippen LogP contribution in [0.15, 0.2) is 12.5 Å². The van der Waals surface area contributed by atoms with Crippen LogP contribution in [0.2, 0.25) is 0 Å². The molecule has 1 aromatic heterocycles. The van der Waals surface area contributed by atoms with Gasteiger partial charge in [0.05, 0.1) is 13.6 Å². The van der Waals surface area contributed by atoms with Crippen molar-refractivity contribution in [2.75, 3.05) is 0 Å². The Bertz CT molecular complexity index is 445. The number of alkyl halides is 3. The van der Waals surface area contributed by atoms with Crippen LogP contribution in [-0.4, -0.2) is 23.0 Å². The summed E-state index contributed by atoms with van der Waals surface area (Å²) in [5, 5.41) is 0. The number of hydrogen-bond donors (Lipinski definition) is 0. The topological polar surface area (TPSA) is 66.0 Å². The molecule has 0 bridgehead atoms. The van der Waals surface area contributed by atoms with Crippen LogP contribution in [0.1, 0.15) is 12.6 Å². The van der Waals surface area contributed by atoms with E-state index in [2.05, 4.69) is 42.6 Å². The van der Waals surface area contributed by atoms with Gasteiger partial charge in [-0.2, -0.15) is 13.2 Å². The van der Waals surface area contributed by atoms with E-state index in [1.807, 2.05) is 0 Å². The van der Waals surface area contributed by atoms with Gasteiger partial charge in [0.15, 0.2) is 10.1 Å². The molecule has 0 N–H and O–H groups in total. The molecule has 100 valence electrons. The van der Waals surface area contributed by atoms with Crippen LogP contribution in [0.5, 0.6) is 0 Å². The monoisotopic (exact) mass is 274 g/mol. The molecule has 0 amide bonds. The Labute approximate surface area is 97.2 Å². The molecule has 17 heavy (non-hydrogen) atoms. The molecule has 0 atom stereocenters. The molecule has 0 spiro atoms. The van der Waals surface area contributed by atoms with Crippen LogP contribution in [0, 0.1) is 6.92 Å². The normalized spacial score (nSPS) is 11.9. The third kappa shape index (κ3) is 5.18. The highest BCUT2D eigenvalue weighted by Crippen LogP contribution is 2.20. The van der Waals surface area contributed by atoms with E-state index in [4.69, 9.17) is 13.0 Å². The zero-order valence-corrected chi connectivity index (χ0v) is 10.3. The van der Waals surface area contributed by atoms with Gasteiger partial charge in [-0.1, -0.05) is 0 Å². The SMILES string of the molecule is CC[n+]1cc(C)n(C)c1.O=S(=O)([O-])C(F)(F)F. The first-order chi connectivity index (χ1) is 7.49. The zero-order chi connectivity index (χ0) is 13.9. The summed E-state index contributed by atoms with van der Waals surface area (Å²) in [6.45, 7) is 5.30. The summed E-state index contributed by atoms with van der Waals surface area (Å²) in [5.41, 5.74) is -4.34. The Hall–Kier alpha value is -1.09.